The molecule has 0 aromatic carbocycles. The number of rotatable bonds is 7. The number of unbranched alkanes of at least 4 members (excludes halogenated alkanes) is 1. The molecular weight excluding hydrogens is 184 g/mol. The van der Waals surface area contributed by atoms with E-state index in [9.17, 15) is 0 Å². The van der Waals surface area contributed by atoms with E-state index in [2.05, 4.69) is 6.08 Å². The van der Waals surface area contributed by atoms with Crippen molar-refractivity contribution in [2.45, 2.75) is 25.9 Å². The van der Waals surface area contributed by atoms with Crippen molar-refractivity contribution in [2.24, 2.45) is 0 Å². The summed E-state index contributed by atoms with van der Waals surface area (Å²) in [6.45, 7) is 4.46. The fourth-order valence-electron chi connectivity index (χ4n) is 0.953. The van der Waals surface area contributed by atoms with E-state index in [1.807, 2.05) is 6.92 Å². The average molecular weight is 202 g/mol. The van der Waals surface area contributed by atoms with Crippen LogP contribution in [0, 0.1) is 0 Å². The van der Waals surface area contributed by atoms with Crippen molar-refractivity contribution in [2.75, 3.05) is 19.8 Å². The molecule has 0 aromatic heterocycles. The van der Waals surface area contributed by atoms with Crippen molar-refractivity contribution in [1.82, 2.24) is 0 Å². The van der Waals surface area contributed by atoms with E-state index in [4.69, 9.17) is 13.9 Å². The summed E-state index contributed by atoms with van der Waals surface area (Å²) in [6, 6.07) is 0. The van der Waals surface area contributed by atoms with Gasteiger partial charge in [0, 0.05) is 6.61 Å². The van der Waals surface area contributed by atoms with Crippen molar-refractivity contribution >= 4 is 10.5 Å². The van der Waals surface area contributed by atoms with Crippen LogP contribution in [0.15, 0.2) is 11.8 Å². The van der Waals surface area contributed by atoms with Gasteiger partial charge in [0.25, 0.3) is 0 Å². The Morgan fingerprint density at radius 1 is 1.69 bits per heavy atom. The van der Waals surface area contributed by atoms with Crippen LogP contribution >= 0.6 is 0 Å². The minimum atomic E-state index is 0.391. The molecule has 0 amide bonds. The number of hydrogen-bond donors (Lipinski definition) is 0. The first-order valence-corrected chi connectivity index (χ1v) is 5.54. The molecule has 1 fully saturated rings. The first kappa shape index (κ1) is 10.8. The van der Waals surface area contributed by atoms with Gasteiger partial charge < -0.3 is 13.9 Å². The van der Waals surface area contributed by atoms with E-state index in [0.717, 1.165) is 48.9 Å². The monoisotopic (exact) mass is 202 g/mol. The summed E-state index contributed by atoms with van der Waals surface area (Å²) < 4.78 is 15.5. The van der Waals surface area contributed by atoms with Gasteiger partial charge in [0.2, 0.25) is 10.5 Å². The summed E-state index contributed by atoms with van der Waals surface area (Å²) >= 11 is 0. The predicted octanol–water partition coefficient (Wildman–Crippen LogP) is 0.383. The van der Waals surface area contributed by atoms with Crippen molar-refractivity contribution < 1.29 is 13.9 Å². The second-order valence-electron chi connectivity index (χ2n) is 3.19. The largest absolute Gasteiger partial charge is 0.556 e. The molecule has 1 heterocycles. The van der Waals surface area contributed by atoms with E-state index in [0.29, 0.717) is 6.10 Å². The Morgan fingerprint density at radius 2 is 2.46 bits per heavy atom. The van der Waals surface area contributed by atoms with Crippen molar-refractivity contribution in [3.8, 4) is 0 Å². The highest BCUT2D eigenvalue weighted by molar-refractivity contribution is 5.98. The van der Waals surface area contributed by atoms with Crippen LogP contribution < -0.4 is 0 Å². The molecule has 1 aliphatic rings. The van der Waals surface area contributed by atoms with E-state index in [1.54, 1.807) is 0 Å². The topological polar surface area (TPSA) is 31.0 Å². The molecule has 1 aliphatic heterocycles. The van der Waals surface area contributed by atoms with Gasteiger partial charge in [0.05, 0.1) is 19.0 Å². The quantitative estimate of drug-likeness (QED) is 0.259. The third-order valence-electron chi connectivity index (χ3n) is 1.95. The maximum absolute atomic E-state index is 5.39. The van der Waals surface area contributed by atoms with Crippen LogP contribution in [-0.4, -0.2) is 36.4 Å². The molecule has 0 aromatic rings. The molecule has 76 valence electrons. The lowest BCUT2D eigenvalue weighted by Crippen LogP contribution is -2.02. The molecular formula is C9H18O3Si. The van der Waals surface area contributed by atoms with Crippen LogP contribution in [0.1, 0.15) is 19.8 Å². The number of allylic oxidation sites excluding steroid dienone is 2. The summed E-state index contributed by atoms with van der Waals surface area (Å²) in [5, 5.41) is 0. The highest BCUT2D eigenvalue weighted by Gasteiger charge is 2.21. The van der Waals surface area contributed by atoms with Crippen LogP contribution in [0.3, 0.4) is 0 Å². The van der Waals surface area contributed by atoms with Gasteiger partial charge in [-0.25, -0.2) is 0 Å². The molecule has 1 unspecified atom stereocenters. The minimum Gasteiger partial charge on any atom is -0.556 e. The average Bonchev–Trinajstić information content (AvgIpc) is 2.94. The fourth-order valence-corrected chi connectivity index (χ4v) is 1.12. The van der Waals surface area contributed by atoms with Crippen LogP contribution in [0.5, 0.6) is 0 Å². The maximum Gasteiger partial charge on any atom is 0.203 e. The van der Waals surface area contributed by atoms with Crippen LogP contribution in [0.25, 0.3) is 0 Å². The molecule has 1 atom stereocenters. The Labute approximate surface area is 82.6 Å². The lowest BCUT2D eigenvalue weighted by atomic mass is 10.3. The van der Waals surface area contributed by atoms with Gasteiger partial charge in [0.1, 0.15) is 6.10 Å². The summed E-state index contributed by atoms with van der Waals surface area (Å²) in [6.07, 6.45) is 4.61. The van der Waals surface area contributed by atoms with E-state index >= 15 is 0 Å². The molecule has 4 heteroatoms. The van der Waals surface area contributed by atoms with Crippen LogP contribution in [-0.2, 0) is 13.9 Å². The molecule has 0 bridgehead atoms. The Kier molecular flexibility index (Phi) is 5.11. The van der Waals surface area contributed by atoms with E-state index in [-0.39, 0.29) is 0 Å². The second kappa shape index (κ2) is 6.18. The van der Waals surface area contributed by atoms with Gasteiger partial charge in [0.15, 0.2) is 0 Å². The van der Waals surface area contributed by atoms with Crippen LogP contribution in [0.4, 0.5) is 0 Å². The van der Waals surface area contributed by atoms with Gasteiger partial charge in [-0.3, -0.25) is 0 Å². The van der Waals surface area contributed by atoms with Crippen LogP contribution in [0.2, 0.25) is 0 Å². The number of ether oxygens (including phenoxy) is 2. The van der Waals surface area contributed by atoms with Gasteiger partial charge in [-0.1, -0.05) is 0 Å². The standard InChI is InChI=1S/C9H18O3Si/c1-8(12-13)4-2-3-5-10-6-9-7-11-9/h4,9H,2-3,5-7H2,1,13H3. The molecule has 13 heavy (non-hydrogen) atoms. The highest BCUT2D eigenvalue weighted by atomic mass is 28.2. The molecule has 0 spiro atoms. The first-order chi connectivity index (χ1) is 6.33. The van der Waals surface area contributed by atoms with E-state index < -0.39 is 0 Å². The Balaban J connectivity index is 1.82. The zero-order chi connectivity index (χ0) is 9.52. The highest BCUT2D eigenvalue weighted by Crippen LogP contribution is 2.08. The zero-order valence-electron chi connectivity index (χ0n) is 8.41. The molecule has 1 saturated heterocycles. The Bertz CT molecular complexity index is 166. The molecule has 1 rings (SSSR count). The molecule has 0 saturated carbocycles. The number of hydrogen-bond acceptors (Lipinski definition) is 3. The minimum absolute atomic E-state index is 0.391. The smallest absolute Gasteiger partial charge is 0.203 e. The summed E-state index contributed by atoms with van der Waals surface area (Å²) in [5.41, 5.74) is 0. The van der Waals surface area contributed by atoms with Gasteiger partial charge >= 0.3 is 0 Å². The van der Waals surface area contributed by atoms with Gasteiger partial charge in [-0.05, 0) is 25.8 Å². The van der Waals surface area contributed by atoms with Crippen molar-refractivity contribution in [1.29, 1.82) is 0 Å². The zero-order valence-corrected chi connectivity index (χ0v) is 10.4. The lowest BCUT2D eigenvalue weighted by molar-refractivity contribution is 0.115. The van der Waals surface area contributed by atoms with Gasteiger partial charge in [-0.2, -0.15) is 0 Å². The molecule has 0 N–H and O–H groups in total. The SMILES string of the molecule is CC(=CCCCOCC1CO1)O[SiH3]. The van der Waals surface area contributed by atoms with E-state index in [1.165, 1.54) is 0 Å². The molecule has 0 radical (unpaired) electrons. The number of epoxide rings is 1. The normalized spacial score (nSPS) is 21.9. The summed E-state index contributed by atoms with van der Waals surface area (Å²) in [5.74, 6) is 1.04. The Morgan fingerprint density at radius 3 is 3.08 bits per heavy atom. The lowest BCUT2D eigenvalue weighted by Gasteiger charge is -2.01. The first-order valence-electron chi connectivity index (χ1n) is 4.73. The molecule has 0 aliphatic carbocycles. The third kappa shape index (κ3) is 5.85. The summed E-state index contributed by atoms with van der Waals surface area (Å²) in [7, 11) is 0.782. The van der Waals surface area contributed by atoms with Crippen molar-refractivity contribution in [3.05, 3.63) is 11.8 Å². The molecule has 3 nitrogen and oxygen atoms in total. The summed E-state index contributed by atoms with van der Waals surface area (Å²) in [4.78, 5) is 0. The Hall–Kier alpha value is -0.323. The van der Waals surface area contributed by atoms with Gasteiger partial charge in [-0.15, -0.1) is 0 Å². The third-order valence-corrected chi connectivity index (χ3v) is 2.60. The fraction of sp³-hybridized carbons (Fsp3) is 0.778. The predicted molar refractivity (Wildman–Crippen MR) is 54.6 cm³/mol. The second-order valence-corrected chi connectivity index (χ2v) is 3.60. The van der Waals surface area contributed by atoms with Crippen molar-refractivity contribution in [3.63, 3.8) is 0 Å². The maximum atomic E-state index is 5.39.